The summed E-state index contributed by atoms with van der Waals surface area (Å²) in [7, 11) is -4.02. The van der Waals surface area contributed by atoms with Crippen molar-refractivity contribution in [2.75, 3.05) is 6.61 Å². The summed E-state index contributed by atoms with van der Waals surface area (Å²) >= 11 is 0. The number of nitriles is 1. The van der Waals surface area contributed by atoms with E-state index in [1.54, 1.807) is 19.1 Å². The van der Waals surface area contributed by atoms with Gasteiger partial charge in [-0.25, -0.2) is 12.8 Å². The van der Waals surface area contributed by atoms with Crippen molar-refractivity contribution < 1.29 is 22.3 Å². The van der Waals surface area contributed by atoms with Crippen LogP contribution in [0.3, 0.4) is 0 Å². The van der Waals surface area contributed by atoms with Crippen LogP contribution in [0.1, 0.15) is 24.0 Å². The molecule has 5 nitrogen and oxygen atoms in total. The number of carbonyl (C=O) groups excluding carboxylic acids is 1. The van der Waals surface area contributed by atoms with E-state index in [-0.39, 0.29) is 17.1 Å². The van der Waals surface area contributed by atoms with Gasteiger partial charge in [0.15, 0.2) is 15.3 Å². The average molecular weight is 387 g/mol. The minimum absolute atomic E-state index is 0.00936. The number of ether oxygens (including phenoxy) is 1. The minimum Gasteiger partial charge on any atom is -0.465 e. The first-order chi connectivity index (χ1) is 12.8. The van der Waals surface area contributed by atoms with Crippen LogP contribution in [-0.4, -0.2) is 26.2 Å². The highest BCUT2D eigenvalue weighted by Crippen LogP contribution is 2.64. The van der Waals surface area contributed by atoms with Gasteiger partial charge in [0.1, 0.15) is 11.1 Å². The van der Waals surface area contributed by atoms with Crippen molar-refractivity contribution in [3.63, 3.8) is 0 Å². The monoisotopic (exact) mass is 387 g/mol. The molecular formula is C20H18FNO4S. The van der Waals surface area contributed by atoms with Crippen molar-refractivity contribution in [1.82, 2.24) is 0 Å². The second-order valence-corrected chi connectivity index (χ2v) is 8.58. The van der Waals surface area contributed by atoms with E-state index in [2.05, 4.69) is 0 Å². The molecule has 0 amide bonds. The Hall–Kier alpha value is -2.72. The highest BCUT2D eigenvalue weighted by Gasteiger charge is 2.77. The highest BCUT2D eigenvalue weighted by atomic mass is 32.2. The lowest BCUT2D eigenvalue weighted by molar-refractivity contribution is -0.147. The number of aryl methyl sites for hydroxylation is 1. The SMILES string of the molecule is CCOC(=O)[C@]1(C#N)[C@@H](c2cccc(F)c2)[C@@H]1S(=O)(=O)c1ccc(C)cc1. The Balaban J connectivity index is 2.14. The summed E-state index contributed by atoms with van der Waals surface area (Å²) in [5.74, 6) is -2.47. The first-order valence-electron chi connectivity index (χ1n) is 8.43. The lowest BCUT2D eigenvalue weighted by atomic mass is 10.0. The predicted molar refractivity (Wildman–Crippen MR) is 96.0 cm³/mol. The van der Waals surface area contributed by atoms with Crippen molar-refractivity contribution >= 4 is 15.8 Å². The van der Waals surface area contributed by atoms with Crippen molar-refractivity contribution in [3.05, 3.63) is 65.5 Å². The van der Waals surface area contributed by atoms with E-state index in [1.807, 2.05) is 13.0 Å². The van der Waals surface area contributed by atoms with Crippen LogP contribution in [0.15, 0.2) is 53.4 Å². The van der Waals surface area contributed by atoms with Crippen molar-refractivity contribution in [2.24, 2.45) is 5.41 Å². The van der Waals surface area contributed by atoms with Crippen LogP contribution in [0.4, 0.5) is 4.39 Å². The molecule has 0 radical (unpaired) electrons. The topological polar surface area (TPSA) is 84.2 Å². The molecule has 0 bridgehead atoms. The number of halogens is 1. The normalized spacial score (nSPS) is 24.1. The van der Waals surface area contributed by atoms with Crippen LogP contribution in [0.25, 0.3) is 0 Å². The van der Waals surface area contributed by atoms with Crippen LogP contribution < -0.4 is 0 Å². The maximum atomic E-state index is 13.7. The number of benzene rings is 2. The molecule has 2 aromatic rings. The minimum atomic E-state index is -4.02. The predicted octanol–water partition coefficient (Wildman–Crippen LogP) is 3.15. The first-order valence-corrected chi connectivity index (χ1v) is 9.98. The summed E-state index contributed by atoms with van der Waals surface area (Å²) < 4.78 is 45.1. The zero-order valence-electron chi connectivity index (χ0n) is 14.8. The Morgan fingerprint density at radius 1 is 1.26 bits per heavy atom. The standard InChI is InChI=1S/C20H18FNO4S/c1-3-26-19(23)20(12-22)17(14-5-4-6-15(21)11-14)18(20)27(24,25)16-9-7-13(2)8-10-16/h4-11,17-18H,3H2,1-2H3/t17-,18-,20+/m0/s1. The molecule has 1 aliphatic rings. The molecule has 140 valence electrons. The zero-order chi connectivity index (χ0) is 19.8. The first kappa shape index (κ1) is 19.1. The van der Waals surface area contributed by atoms with Crippen LogP contribution in [-0.2, 0) is 19.4 Å². The van der Waals surface area contributed by atoms with Crippen LogP contribution in [0, 0.1) is 29.5 Å². The van der Waals surface area contributed by atoms with Gasteiger partial charge in [0, 0.05) is 5.92 Å². The largest absolute Gasteiger partial charge is 0.465 e. The van der Waals surface area contributed by atoms with Gasteiger partial charge >= 0.3 is 5.97 Å². The third-order valence-corrected chi connectivity index (χ3v) is 7.06. The quantitative estimate of drug-likeness (QED) is 0.736. The van der Waals surface area contributed by atoms with Crippen molar-refractivity contribution in [3.8, 4) is 6.07 Å². The number of rotatable bonds is 5. The molecule has 1 aliphatic carbocycles. The lowest BCUT2D eigenvalue weighted by Gasteiger charge is -2.09. The Kier molecular flexibility index (Phi) is 4.79. The summed E-state index contributed by atoms with van der Waals surface area (Å²) in [5.41, 5.74) is -0.735. The van der Waals surface area contributed by atoms with Gasteiger partial charge in [-0.15, -0.1) is 0 Å². The molecule has 0 saturated heterocycles. The third-order valence-electron chi connectivity index (χ3n) is 4.82. The molecule has 7 heteroatoms. The smallest absolute Gasteiger partial charge is 0.328 e. The van der Waals surface area contributed by atoms with Gasteiger partial charge in [-0.05, 0) is 43.7 Å². The van der Waals surface area contributed by atoms with E-state index in [4.69, 9.17) is 4.74 Å². The van der Waals surface area contributed by atoms with Gasteiger partial charge in [-0.1, -0.05) is 29.8 Å². The summed E-state index contributed by atoms with van der Waals surface area (Å²) in [6.45, 7) is 3.41. The van der Waals surface area contributed by atoms with E-state index in [9.17, 15) is 22.9 Å². The molecule has 1 fully saturated rings. The van der Waals surface area contributed by atoms with Crippen molar-refractivity contribution in [1.29, 1.82) is 5.26 Å². The average Bonchev–Trinajstić information content (AvgIpc) is 3.34. The number of carbonyl (C=O) groups is 1. The third kappa shape index (κ3) is 3.00. The van der Waals surface area contributed by atoms with Gasteiger partial charge in [-0.2, -0.15) is 5.26 Å². The van der Waals surface area contributed by atoms with Gasteiger partial charge < -0.3 is 4.74 Å². The molecular weight excluding hydrogens is 369 g/mol. The fraction of sp³-hybridized carbons (Fsp3) is 0.300. The molecule has 0 spiro atoms. The fourth-order valence-corrected chi connectivity index (χ4v) is 5.71. The maximum Gasteiger partial charge on any atom is 0.328 e. The highest BCUT2D eigenvalue weighted by molar-refractivity contribution is 7.92. The molecule has 0 unspecified atom stereocenters. The van der Waals surface area contributed by atoms with Crippen LogP contribution in [0.5, 0.6) is 0 Å². The fourth-order valence-electron chi connectivity index (χ4n) is 3.46. The second kappa shape index (κ2) is 6.78. The molecule has 0 aromatic heterocycles. The van der Waals surface area contributed by atoms with E-state index < -0.39 is 38.2 Å². The van der Waals surface area contributed by atoms with Crippen LogP contribution in [0.2, 0.25) is 0 Å². The Morgan fingerprint density at radius 2 is 1.93 bits per heavy atom. The van der Waals surface area contributed by atoms with E-state index in [0.29, 0.717) is 0 Å². The number of hydrogen-bond acceptors (Lipinski definition) is 5. The van der Waals surface area contributed by atoms with E-state index >= 15 is 0 Å². The summed E-state index contributed by atoms with van der Waals surface area (Å²) in [6, 6.07) is 13.3. The molecule has 1 saturated carbocycles. The van der Waals surface area contributed by atoms with E-state index in [0.717, 1.165) is 11.6 Å². The Bertz CT molecular complexity index is 1030. The molecule has 27 heavy (non-hydrogen) atoms. The van der Waals surface area contributed by atoms with Crippen LogP contribution >= 0.6 is 0 Å². The van der Waals surface area contributed by atoms with Gasteiger partial charge in [0.25, 0.3) is 0 Å². The molecule has 0 N–H and O–H groups in total. The zero-order valence-corrected chi connectivity index (χ0v) is 15.7. The lowest BCUT2D eigenvalue weighted by Crippen LogP contribution is -2.25. The second-order valence-electron chi connectivity index (χ2n) is 6.51. The van der Waals surface area contributed by atoms with E-state index in [1.165, 1.54) is 30.3 Å². The van der Waals surface area contributed by atoms with Gasteiger partial charge in [-0.3, -0.25) is 4.79 Å². The Labute approximate surface area is 157 Å². The maximum absolute atomic E-state index is 13.7. The number of hydrogen-bond donors (Lipinski definition) is 0. The molecule has 3 atom stereocenters. The Morgan fingerprint density at radius 3 is 2.48 bits per heavy atom. The molecule has 2 aromatic carbocycles. The summed E-state index contributed by atoms with van der Waals surface area (Å²) in [6.07, 6.45) is 0. The number of sulfone groups is 1. The molecule has 0 aliphatic heterocycles. The van der Waals surface area contributed by atoms with Gasteiger partial charge in [0.2, 0.25) is 0 Å². The summed E-state index contributed by atoms with van der Waals surface area (Å²) in [4.78, 5) is 12.6. The molecule has 0 heterocycles. The number of esters is 1. The van der Waals surface area contributed by atoms with Crippen molar-refractivity contribution in [2.45, 2.75) is 29.9 Å². The summed E-state index contributed by atoms with van der Waals surface area (Å²) in [5, 5.41) is 8.44. The number of nitrogens with zero attached hydrogens (tertiary/aromatic N) is 1. The van der Waals surface area contributed by atoms with Gasteiger partial charge in [0.05, 0.1) is 17.6 Å². The molecule has 3 rings (SSSR count).